The van der Waals surface area contributed by atoms with Crippen LogP contribution in [-0.4, -0.2) is 72.9 Å². The molecule has 0 bridgehead atoms. The molecule has 1 aromatic carbocycles. The Balaban J connectivity index is 1.70. The van der Waals surface area contributed by atoms with Crippen LogP contribution in [0.5, 0.6) is 5.75 Å². The Morgan fingerprint density at radius 1 is 1.16 bits per heavy atom. The third-order valence-electron chi connectivity index (χ3n) is 5.55. The van der Waals surface area contributed by atoms with Crippen LogP contribution in [0.3, 0.4) is 0 Å². The first-order valence-electron chi connectivity index (χ1n) is 11.5. The molecule has 1 amide bonds. The Bertz CT molecular complexity index is 1500. The molecule has 0 aliphatic rings. The summed E-state index contributed by atoms with van der Waals surface area (Å²) in [5.41, 5.74) is 10.5. The summed E-state index contributed by atoms with van der Waals surface area (Å²) in [7, 11) is -3.01. The van der Waals surface area contributed by atoms with E-state index in [1.54, 1.807) is 18.2 Å². The van der Waals surface area contributed by atoms with Crippen LogP contribution in [0, 0.1) is 0 Å². The average Bonchev–Trinajstić information content (AvgIpc) is 2.88. The van der Waals surface area contributed by atoms with Gasteiger partial charge in [0.25, 0.3) is 11.5 Å². The molecular weight excluding hydrogens is 516 g/mol. The van der Waals surface area contributed by atoms with Gasteiger partial charge in [0.15, 0.2) is 0 Å². The van der Waals surface area contributed by atoms with Gasteiger partial charge < -0.3 is 15.2 Å². The monoisotopic (exact) mass is 545 g/mol. The van der Waals surface area contributed by atoms with Gasteiger partial charge in [-0.1, -0.05) is 18.2 Å². The summed E-state index contributed by atoms with van der Waals surface area (Å²) in [5.74, 6) is -1.62. The van der Waals surface area contributed by atoms with E-state index in [-0.39, 0.29) is 16.4 Å². The normalized spacial score (nSPS) is 12.2. The summed E-state index contributed by atoms with van der Waals surface area (Å²) in [6.45, 7) is 0.344. The molecule has 0 fully saturated rings. The molecule has 2 heterocycles. The standard InChI is InChI=1S/C24H28N6O7S/c1-29(38(35,36)19-6-3-2-4-7-19)20(23(33)34)14-28-22(32)16-12-17-8-9-18(15-30(17)21(31)13-16)37-11-5-10-27-24(25)26/h2-4,6-9,12-13,15,20H,5,10-11,14H2,1H3,(H,28,32)(H,33,34)(H4,25,26,27)/p+1/t20-/m0/s1. The van der Waals surface area contributed by atoms with Crippen LogP contribution in [0.2, 0.25) is 0 Å². The number of fused-ring (bicyclic) bond motifs is 1. The number of nitrogens with one attached hydrogen (secondary N) is 2. The highest BCUT2D eigenvalue weighted by Crippen LogP contribution is 2.17. The number of aliphatic carboxylic acids is 1. The second-order valence-corrected chi connectivity index (χ2v) is 10.2. The fraction of sp³-hybridized carbons (Fsp3) is 0.250. The van der Waals surface area contributed by atoms with Crippen molar-refractivity contribution in [3.05, 3.63) is 76.7 Å². The number of likely N-dealkylation sites (N-methyl/N-ethyl adjacent to an activating group) is 1. The number of guanidine groups is 1. The van der Waals surface area contributed by atoms with Crippen LogP contribution in [-0.2, 0) is 14.8 Å². The van der Waals surface area contributed by atoms with Crippen molar-refractivity contribution in [3.8, 4) is 5.75 Å². The lowest BCUT2D eigenvalue weighted by atomic mass is 10.2. The van der Waals surface area contributed by atoms with Crippen molar-refractivity contribution in [1.29, 1.82) is 0 Å². The number of carboxylic acids is 1. The third kappa shape index (κ3) is 6.86. The minimum atomic E-state index is -4.13. The SMILES string of the molecule is CN([C@@H](CNC(=O)c1cc(=O)n2cc(OCCC[NH+]=C(N)N)ccc2c1)C(=O)O)S(=O)(=O)c1ccccc1. The van der Waals surface area contributed by atoms with Gasteiger partial charge in [-0.15, -0.1) is 0 Å². The largest absolute Gasteiger partial charge is 0.492 e. The number of pyridine rings is 2. The van der Waals surface area contributed by atoms with Gasteiger partial charge in [-0.25, -0.2) is 8.42 Å². The first-order chi connectivity index (χ1) is 18.0. The van der Waals surface area contributed by atoms with Gasteiger partial charge in [-0.05, 0) is 30.3 Å². The number of ether oxygens (including phenoxy) is 1. The summed E-state index contributed by atoms with van der Waals surface area (Å²) in [4.78, 5) is 39.9. The van der Waals surface area contributed by atoms with Crippen molar-refractivity contribution in [2.75, 3.05) is 26.7 Å². The smallest absolute Gasteiger partial charge is 0.338 e. The lowest BCUT2D eigenvalue weighted by Crippen LogP contribution is -2.78. The summed E-state index contributed by atoms with van der Waals surface area (Å²) in [6.07, 6.45) is 2.10. The maximum atomic E-state index is 12.8. The van der Waals surface area contributed by atoms with Gasteiger partial charge in [0.1, 0.15) is 11.8 Å². The number of nitrogens with two attached hydrogens (primary N) is 2. The number of benzene rings is 1. The molecule has 0 aliphatic carbocycles. The first-order valence-corrected chi connectivity index (χ1v) is 12.9. The number of rotatable bonds is 12. The van der Waals surface area contributed by atoms with E-state index in [2.05, 4.69) is 10.3 Å². The highest BCUT2D eigenvalue weighted by molar-refractivity contribution is 7.89. The zero-order valence-corrected chi connectivity index (χ0v) is 21.3. The van der Waals surface area contributed by atoms with Crippen LogP contribution < -0.4 is 32.1 Å². The topological polar surface area (TPSA) is 200 Å². The van der Waals surface area contributed by atoms with Crippen molar-refractivity contribution in [2.24, 2.45) is 11.5 Å². The molecule has 38 heavy (non-hydrogen) atoms. The number of hydrogen-bond acceptors (Lipinski definition) is 6. The minimum Gasteiger partial charge on any atom is -0.492 e. The Kier molecular flexibility index (Phi) is 9.04. The Hall–Kier alpha value is -4.43. The fourth-order valence-corrected chi connectivity index (χ4v) is 4.84. The molecule has 0 radical (unpaired) electrons. The maximum absolute atomic E-state index is 12.8. The van der Waals surface area contributed by atoms with Crippen LogP contribution in [0.25, 0.3) is 5.52 Å². The third-order valence-corrected chi connectivity index (χ3v) is 7.43. The van der Waals surface area contributed by atoms with Gasteiger partial charge in [-0.2, -0.15) is 4.31 Å². The molecule has 13 nitrogen and oxygen atoms in total. The molecule has 3 aromatic rings. The van der Waals surface area contributed by atoms with Gasteiger partial charge in [0, 0.05) is 37.2 Å². The molecular formula is C24H29N6O7S+. The molecule has 0 saturated heterocycles. The fourth-order valence-electron chi connectivity index (χ4n) is 3.51. The predicted octanol–water partition coefficient (Wildman–Crippen LogP) is -2.07. The Labute approximate surface area is 218 Å². The van der Waals surface area contributed by atoms with E-state index < -0.39 is 40.0 Å². The van der Waals surface area contributed by atoms with Gasteiger partial charge in [0.05, 0.1) is 24.2 Å². The number of nitrogens with zero attached hydrogens (tertiary/aromatic N) is 2. The zero-order chi connectivity index (χ0) is 27.9. The lowest BCUT2D eigenvalue weighted by Gasteiger charge is -2.24. The van der Waals surface area contributed by atoms with Crippen molar-refractivity contribution < 1.29 is 32.8 Å². The minimum absolute atomic E-state index is 0.0110. The van der Waals surface area contributed by atoms with Gasteiger partial charge in [-0.3, -0.25) is 35.2 Å². The number of carbonyl (C=O) groups is 2. The molecule has 3 rings (SSSR count). The van der Waals surface area contributed by atoms with Crippen molar-refractivity contribution in [3.63, 3.8) is 0 Å². The number of aromatic nitrogens is 1. The quantitative estimate of drug-likeness (QED) is 0.0963. The molecule has 14 heteroatoms. The van der Waals surface area contributed by atoms with E-state index in [1.165, 1.54) is 40.9 Å². The van der Waals surface area contributed by atoms with E-state index in [1.807, 2.05) is 0 Å². The van der Waals surface area contributed by atoms with E-state index in [0.717, 1.165) is 13.1 Å². The Morgan fingerprint density at radius 3 is 2.53 bits per heavy atom. The molecule has 7 N–H and O–H groups in total. The highest BCUT2D eigenvalue weighted by Gasteiger charge is 2.33. The van der Waals surface area contributed by atoms with Gasteiger partial charge in [0.2, 0.25) is 10.0 Å². The number of sulfonamides is 1. The molecule has 1 atom stereocenters. The number of carbonyl (C=O) groups excluding carboxylic acids is 1. The van der Waals surface area contributed by atoms with Crippen molar-refractivity contribution in [1.82, 2.24) is 14.0 Å². The van der Waals surface area contributed by atoms with Crippen molar-refractivity contribution in [2.45, 2.75) is 17.4 Å². The molecule has 202 valence electrons. The van der Waals surface area contributed by atoms with Gasteiger partial charge >= 0.3 is 11.9 Å². The molecule has 0 unspecified atom stereocenters. The van der Waals surface area contributed by atoms with Crippen molar-refractivity contribution >= 4 is 33.4 Å². The molecule has 0 aliphatic heterocycles. The number of amides is 1. The second-order valence-electron chi connectivity index (χ2n) is 8.22. The van der Waals surface area contributed by atoms with E-state index in [0.29, 0.717) is 35.1 Å². The van der Waals surface area contributed by atoms with Crippen LogP contribution >= 0.6 is 0 Å². The summed E-state index contributed by atoms with van der Waals surface area (Å²) in [5, 5.41) is 12.0. The molecule has 0 saturated carbocycles. The molecule has 2 aromatic heterocycles. The predicted molar refractivity (Wildman–Crippen MR) is 138 cm³/mol. The van der Waals surface area contributed by atoms with E-state index in [4.69, 9.17) is 16.2 Å². The van der Waals surface area contributed by atoms with Crippen LogP contribution in [0.15, 0.2) is 70.5 Å². The summed E-state index contributed by atoms with van der Waals surface area (Å²) in [6, 6.07) is 11.5. The zero-order valence-electron chi connectivity index (χ0n) is 20.5. The Morgan fingerprint density at radius 2 is 1.87 bits per heavy atom. The summed E-state index contributed by atoms with van der Waals surface area (Å²) < 4.78 is 33.2. The summed E-state index contributed by atoms with van der Waals surface area (Å²) >= 11 is 0. The molecule has 0 spiro atoms. The van der Waals surface area contributed by atoms with Crippen LogP contribution in [0.4, 0.5) is 0 Å². The lowest BCUT2D eigenvalue weighted by molar-refractivity contribution is -0.460. The maximum Gasteiger partial charge on any atom is 0.338 e. The number of carboxylic acid groups (broad SMARTS) is 1. The average molecular weight is 546 g/mol. The number of hydrogen-bond donors (Lipinski definition) is 5. The van der Waals surface area contributed by atoms with E-state index in [9.17, 15) is 27.9 Å². The second kappa shape index (κ2) is 12.2. The van der Waals surface area contributed by atoms with Crippen LogP contribution in [0.1, 0.15) is 16.8 Å². The first kappa shape index (κ1) is 28.1. The van der Waals surface area contributed by atoms with E-state index >= 15 is 0 Å². The highest BCUT2D eigenvalue weighted by atomic mass is 32.2.